The molecule has 1 aromatic heterocycles. The first-order valence-electron chi connectivity index (χ1n) is 4.80. The Morgan fingerprint density at radius 3 is 2.69 bits per heavy atom. The van der Waals surface area contributed by atoms with Gasteiger partial charge < -0.3 is 4.74 Å². The van der Waals surface area contributed by atoms with E-state index in [4.69, 9.17) is 10.00 Å². The van der Waals surface area contributed by atoms with E-state index < -0.39 is 0 Å². The summed E-state index contributed by atoms with van der Waals surface area (Å²) < 4.78 is 9.17. The number of aromatic nitrogens is 1. The fourth-order valence-electron chi connectivity index (χ4n) is 1.37. The summed E-state index contributed by atoms with van der Waals surface area (Å²) in [5.74, 6) is 0.640. The molecule has 1 aromatic carbocycles. The molecule has 2 aromatic rings. The molecule has 0 unspecified atom stereocenters. The fourth-order valence-corrected chi connectivity index (χ4v) is 2.08. The highest BCUT2D eigenvalue weighted by Gasteiger charge is 2.04. The van der Waals surface area contributed by atoms with Gasteiger partial charge in [0.1, 0.15) is 0 Å². The number of benzene rings is 1. The van der Waals surface area contributed by atoms with Crippen LogP contribution in [0.4, 0.5) is 0 Å². The Labute approximate surface area is 98.1 Å². The molecule has 1 heterocycles. The first-order chi connectivity index (χ1) is 7.83. The maximum absolute atomic E-state index is 8.57. The van der Waals surface area contributed by atoms with Crippen molar-refractivity contribution in [2.45, 2.75) is 6.42 Å². The third-order valence-corrected chi connectivity index (χ3v) is 3.04. The summed E-state index contributed by atoms with van der Waals surface area (Å²) in [5, 5.41) is 8.57. The standard InChI is InChI=1S/C12H10N2OS/c1-15-12-8-11(16-14-12)10-4-2-9(3-5-10)6-7-13/h2-5,8H,6H2,1H3. The van der Waals surface area contributed by atoms with Gasteiger partial charge in [0.2, 0.25) is 5.88 Å². The summed E-state index contributed by atoms with van der Waals surface area (Å²) in [6.07, 6.45) is 0.451. The molecule has 0 fully saturated rings. The lowest BCUT2D eigenvalue weighted by Gasteiger charge is -1.97. The van der Waals surface area contributed by atoms with E-state index >= 15 is 0 Å². The number of methoxy groups -OCH3 is 1. The quantitative estimate of drug-likeness (QED) is 0.814. The van der Waals surface area contributed by atoms with Crippen LogP contribution in [0.25, 0.3) is 10.4 Å². The van der Waals surface area contributed by atoms with Crippen LogP contribution in [0.15, 0.2) is 30.3 Å². The van der Waals surface area contributed by atoms with Crippen molar-refractivity contribution in [3.8, 4) is 22.4 Å². The Kier molecular flexibility index (Phi) is 3.18. The Bertz CT molecular complexity index is 511. The fraction of sp³-hybridized carbons (Fsp3) is 0.167. The van der Waals surface area contributed by atoms with Crippen molar-refractivity contribution in [3.63, 3.8) is 0 Å². The second-order valence-electron chi connectivity index (χ2n) is 3.27. The topological polar surface area (TPSA) is 45.9 Å². The van der Waals surface area contributed by atoms with Crippen LogP contribution in [0.5, 0.6) is 5.88 Å². The normalized spacial score (nSPS) is 9.75. The van der Waals surface area contributed by atoms with Crippen molar-refractivity contribution in [3.05, 3.63) is 35.9 Å². The second kappa shape index (κ2) is 4.77. The summed E-state index contributed by atoms with van der Waals surface area (Å²) >= 11 is 1.41. The summed E-state index contributed by atoms with van der Waals surface area (Å²) in [6, 6.07) is 12.0. The third kappa shape index (κ3) is 2.20. The summed E-state index contributed by atoms with van der Waals surface area (Å²) in [6.45, 7) is 0. The molecule has 80 valence electrons. The van der Waals surface area contributed by atoms with Crippen LogP contribution in [-0.4, -0.2) is 11.5 Å². The number of nitriles is 1. The van der Waals surface area contributed by atoms with Crippen molar-refractivity contribution in [1.82, 2.24) is 4.37 Å². The Hall–Kier alpha value is -1.86. The zero-order chi connectivity index (χ0) is 11.4. The van der Waals surface area contributed by atoms with Gasteiger partial charge in [-0.15, -0.1) is 0 Å². The first kappa shape index (κ1) is 10.7. The van der Waals surface area contributed by atoms with Crippen molar-refractivity contribution in [1.29, 1.82) is 5.26 Å². The molecule has 0 saturated heterocycles. The zero-order valence-electron chi connectivity index (χ0n) is 8.80. The van der Waals surface area contributed by atoms with Gasteiger partial charge in [-0.05, 0) is 22.7 Å². The lowest BCUT2D eigenvalue weighted by molar-refractivity contribution is 0.403. The van der Waals surface area contributed by atoms with Crippen LogP contribution in [0.2, 0.25) is 0 Å². The monoisotopic (exact) mass is 230 g/mol. The van der Waals surface area contributed by atoms with Gasteiger partial charge in [-0.1, -0.05) is 24.3 Å². The third-order valence-electron chi connectivity index (χ3n) is 2.22. The van der Waals surface area contributed by atoms with Crippen LogP contribution < -0.4 is 4.74 Å². The summed E-state index contributed by atoms with van der Waals surface area (Å²) in [5.41, 5.74) is 2.13. The number of ether oxygens (including phenoxy) is 1. The first-order valence-corrected chi connectivity index (χ1v) is 5.58. The predicted octanol–water partition coefficient (Wildman–Crippen LogP) is 2.88. The van der Waals surface area contributed by atoms with E-state index in [2.05, 4.69) is 10.4 Å². The highest BCUT2D eigenvalue weighted by Crippen LogP contribution is 2.27. The summed E-state index contributed by atoms with van der Waals surface area (Å²) in [7, 11) is 1.61. The minimum atomic E-state index is 0.451. The van der Waals surface area contributed by atoms with Crippen molar-refractivity contribution in [2.24, 2.45) is 0 Å². The minimum absolute atomic E-state index is 0.451. The molecule has 4 heteroatoms. The average Bonchev–Trinajstić information content (AvgIpc) is 2.79. The molecule has 2 rings (SSSR count). The van der Waals surface area contributed by atoms with Gasteiger partial charge >= 0.3 is 0 Å². The molecule has 0 saturated carbocycles. The van der Waals surface area contributed by atoms with Crippen LogP contribution in [0, 0.1) is 11.3 Å². The van der Waals surface area contributed by atoms with Gasteiger partial charge in [0, 0.05) is 6.07 Å². The lowest BCUT2D eigenvalue weighted by atomic mass is 10.1. The lowest BCUT2D eigenvalue weighted by Crippen LogP contribution is -1.81. The molecule has 0 atom stereocenters. The molecule has 3 nitrogen and oxygen atoms in total. The van der Waals surface area contributed by atoms with E-state index in [1.54, 1.807) is 7.11 Å². The zero-order valence-corrected chi connectivity index (χ0v) is 9.62. The molecule has 0 amide bonds. The van der Waals surface area contributed by atoms with E-state index in [0.717, 1.165) is 16.0 Å². The SMILES string of the molecule is COc1cc(-c2ccc(CC#N)cc2)sn1. The molecule has 0 N–H and O–H groups in total. The maximum atomic E-state index is 8.57. The Morgan fingerprint density at radius 1 is 1.38 bits per heavy atom. The Morgan fingerprint density at radius 2 is 2.12 bits per heavy atom. The van der Waals surface area contributed by atoms with Gasteiger partial charge in [-0.3, -0.25) is 0 Å². The van der Waals surface area contributed by atoms with Crippen LogP contribution in [0.1, 0.15) is 5.56 Å². The number of hydrogen-bond acceptors (Lipinski definition) is 4. The predicted molar refractivity (Wildman–Crippen MR) is 63.4 cm³/mol. The number of rotatable bonds is 3. The molecule has 0 radical (unpaired) electrons. The number of hydrogen-bond donors (Lipinski definition) is 0. The van der Waals surface area contributed by atoms with Crippen LogP contribution in [0.3, 0.4) is 0 Å². The van der Waals surface area contributed by atoms with Crippen molar-refractivity contribution in [2.75, 3.05) is 7.11 Å². The largest absolute Gasteiger partial charge is 0.480 e. The molecule has 0 aliphatic heterocycles. The number of nitrogens with zero attached hydrogens (tertiary/aromatic N) is 2. The maximum Gasteiger partial charge on any atom is 0.225 e. The van der Waals surface area contributed by atoms with E-state index in [9.17, 15) is 0 Å². The summed E-state index contributed by atoms with van der Waals surface area (Å²) in [4.78, 5) is 1.07. The smallest absolute Gasteiger partial charge is 0.225 e. The molecular weight excluding hydrogens is 220 g/mol. The minimum Gasteiger partial charge on any atom is -0.480 e. The van der Waals surface area contributed by atoms with Gasteiger partial charge in [-0.25, -0.2) is 0 Å². The van der Waals surface area contributed by atoms with E-state index in [1.165, 1.54) is 11.5 Å². The van der Waals surface area contributed by atoms with Gasteiger partial charge in [0.15, 0.2) is 0 Å². The van der Waals surface area contributed by atoms with Crippen molar-refractivity contribution < 1.29 is 4.74 Å². The molecular formula is C12H10N2OS. The van der Waals surface area contributed by atoms with Crippen molar-refractivity contribution >= 4 is 11.5 Å². The van der Waals surface area contributed by atoms with Crippen LogP contribution >= 0.6 is 11.5 Å². The molecule has 0 spiro atoms. The van der Waals surface area contributed by atoms with Gasteiger partial charge in [0.05, 0.1) is 24.5 Å². The van der Waals surface area contributed by atoms with Gasteiger partial charge in [0.25, 0.3) is 0 Å². The molecule has 0 aliphatic carbocycles. The second-order valence-corrected chi connectivity index (χ2v) is 4.07. The van der Waals surface area contributed by atoms with E-state index in [-0.39, 0.29) is 0 Å². The molecule has 16 heavy (non-hydrogen) atoms. The van der Waals surface area contributed by atoms with Crippen LogP contribution in [-0.2, 0) is 6.42 Å². The van der Waals surface area contributed by atoms with Gasteiger partial charge in [-0.2, -0.15) is 9.64 Å². The Balaban J connectivity index is 2.24. The molecule has 0 aliphatic rings. The molecule has 0 bridgehead atoms. The average molecular weight is 230 g/mol. The highest BCUT2D eigenvalue weighted by molar-refractivity contribution is 7.09. The highest BCUT2D eigenvalue weighted by atomic mass is 32.1. The van der Waals surface area contributed by atoms with E-state index in [1.807, 2.05) is 30.3 Å². The van der Waals surface area contributed by atoms with E-state index in [0.29, 0.717) is 12.3 Å².